The van der Waals surface area contributed by atoms with Crippen molar-refractivity contribution in [1.82, 2.24) is 5.32 Å². The van der Waals surface area contributed by atoms with Gasteiger partial charge in [-0.3, -0.25) is 0 Å². The van der Waals surface area contributed by atoms with E-state index in [1.807, 2.05) is 0 Å². The third-order valence-corrected chi connectivity index (χ3v) is 4.92. The van der Waals surface area contributed by atoms with Crippen molar-refractivity contribution in [3.05, 3.63) is 59.7 Å². The highest BCUT2D eigenvalue weighted by atomic mass is 15.0. The van der Waals surface area contributed by atoms with Gasteiger partial charge in [0.2, 0.25) is 0 Å². The van der Waals surface area contributed by atoms with Gasteiger partial charge in [-0.2, -0.15) is 0 Å². The zero-order chi connectivity index (χ0) is 14.0. The molecule has 2 aliphatic rings. The number of allylic oxidation sites excluding steroid dienone is 3. The molecule has 0 aromatic heterocycles. The molecule has 0 saturated carbocycles. The van der Waals surface area contributed by atoms with Gasteiger partial charge in [0.05, 0.1) is 0 Å². The molecule has 1 fully saturated rings. The monoisotopic (exact) mass is 267 g/mol. The van der Waals surface area contributed by atoms with Gasteiger partial charge in [-0.25, -0.2) is 0 Å². The molecule has 0 radical (unpaired) electrons. The SMILES string of the molecule is CC[C@@H]1N[C@@H](C)CC1(C1=CCCC=C1)c1ccccc1. The van der Waals surface area contributed by atoms with E-state index in [0.29, 0.717) is 12.1 Å². The third kappa shape index (κ3) is 2.14. The first-order chi connectivity index (χ1) is 9.77. The van der Waals surface area contributed by atoms with Crippen molar-refractivity contribution in [3.63, 3.8) is 0 Å². The lowest BCUT2D eigenvalue weighted by Crippen LogP contribution is -2.41. The van der Waals surface area contributed by atoms with Crippen molar-refractivity contribution in [2.24, 2.45) is 0 Å². The number of nitrogens with one attached hydrogen (secondary N) is 1. The van der Waals surface area contributed by atoms with E-state index in [4.69, 9.17) is 0 Å². The molecular weight excluding hydrogens is 242 g/mol. The van der Waals surface area contributed by atoms with Crippen molar-refractivity contribution in [1.29, 1.82) is 0 Å². The predicted molar refractivity (Wildman–Crippen MR) is 85.9 cm³/mol. The highest BCUT2D eigenvalue weighted by Crippen LogP contribution is 2.46. The Morgan fingerprint density at radius 3 is 2.65 bits per heavy atom. The molecule has 0 amide bonds. The summed E-state index contributed by atoms with van der Waals surface area (Å²) in [6, 6.07) is 12.2. The van der Waals surface area contributed by atoms with Crippen molar-refractivity contribution in [2.45, 2.75) is 57.0 Å². The minimum atomic E-state index is 0.159. The van der Waals surface area contributed by atoms with E-state index >= 15 is 0 Å². The Kier molecular flexibility index (Phi) is 3.80. The minimum Gasteiger partial charge on any atom is -0.310 e. The van der Waals surface area contributed by atoms with E-state index in [9.17, 15) is 0 Å². The Hall–Kier alpha value is -1.34. The molecule has 1 unspecified atom stereocenters. The van der Waals surface area contributed by atoms with Crippen molar-refractivity contribution < 1.29 is 0 Å². The fraction of sp³-hybridized carbons (Fsp3) is 0.474. The Labute approximate surface area is 122 Å². The molecule has 1 heteroatoms. The van der Waals surface area contributed by atoms with Crippen LogP contribution in [0, 0.1) is 0 Å². The second-order valence-electron chi connectivity index (χ2n) is 6.21. The summed E-state index contributed by atoms with van der Waals surface area (Å²) in [5.41, 5.74) is 3.16. The van der Waals surface area contributed by atoms with Crippen LogP contribution in [0.25, 0.3) is 0 Å². The predicted octanol–water partition coefficient (Wildman–Crippen LogP) is 4.36. The lowest BCUT2D eigenvalue weighted by molar-refractivity contribution is 0.420. The molecule has 1 aromatic rings. The van der Waals surface area contributed by atoms with Crippen LogP contribution < -0.4 is 5.32 Å². The Morgan fingerprint density at radius 2 is 2.00 bits per heavy atom. The van der Waals surface area contributed by atoms with Crippen LogP contribution >= 0.6 is 0 Å². The number of hydrogen-bond acceptors (Lipinski definition) is 1. The second kappa shape index (κ2) is 5.57. The van der Waals surface area contributed by atoms with Gasteiger partial charge < -0.3 is 5.32 Å². The molecule has 3 rings (SSSR count). The summed E-state index contributed by atoms with van der Waals surface area (Å²) in [4.78, 5) is 0. The average molecular weight is 267 g/mol. The van der Waals surface area contributed by atoms with Crippen LogP contribution in [0.5, 0.6) is 0 Å². The highest BCUT2D eigenvalue weighted by molar-refractivity contribution is 5.47. The summed E-state index contributed by atoms with van der Waals surface area (Å²) in [7, 11) is 0. The quantitative estimate of drug-likeness (QED) is 0.858. The summed E-state index contributed by atoms with van der Waals surface area (Å²) < 4.78 is 0. The van der Waals surface area contributed by atoms with Gasteiger partial charge in [0, 0.05) is 17.5 Å². The fourth-order valence-electron chi connectivity index (χ4n) is 4.12. The Bertz CT molecular complexity index is 514. The first-order valence-corrected chi connectivity index (χ1v) is 7.96. The molecule has 20 heavy (non-hydrogen) atoms. The van der Waals surface area contributed by atoms with Crippen LogP contribution in [0.4, 0.5) is 0 Å². The highest BCUT2D eigenvalue weighted by Gasteiger charge is 2.47. The molecule has 1 nitrogen and oxygen atoms in total. The van der Waals surface area contributed by atoms with Crippen LogP contribution in [0.15, 0.2) is 54.1 Å². The lowest BCUT2D eigenvalue weighted by atomic mass is 9.66. The van der Waals surface area contributed by atoms with Crippen molar-refractivity contribution in [2.75, 3.05) is 0 Å². The fourth-order valence-corrected chi connectivity index (χ4v) is 4.12. The molecule has 0 spiro atoms. The van der Waals surface area contributed by atoms with E-state index in [0.717, 1.165) is 0 Å². The minimum absolute atomic E-state index is 0.159. The molecule has 1 N–H and O–H groups in total. The largest absolute Gasteiger partial charge is 0.310 e. The number of benzene rings is 1. The normalized spacial score (nSPS) is 33.2. The average Bonchev–Trinajstić information content (AvgIpc) is 2.87. The second-order valence-corrected chi connectivity index (χ2v) is 6.21. The zero-order valence-electron chi connectivity index (χ0n) is 12.6. The summed E-state index contributed by atoms with van der Waals surface area (Å²) in [5, 5.41) is 3.82. The first-order valence-electron chi connectivity index (χ1n) is 7.96. The van der Waals surface area contributed by atoms with E-state index in [-0.39, 0.29) is 5.41 Å². The lowest BCUT2D eigenvalue weighted by Gasteiger charge is -2.38. The van der Waals surface area contributed by atoms with Crippen LogP contribution in [0.3, 0.4) is 0 Å². The Morgan fingerprint density at radius 1 is 1.20 bits per heavy atom. The molecule has 1 saturated heterocycles. The summed E-state index contributed by atoms with van der Waals surface area (Å²) >= 11 is 0. The molecule has 106 valence electrons. The first kappa shape index (κ1) is 13.6. The van der Waals surface area contributed by atoms with E-state index in [1.165, 1.54) is 36.8 Å². The van der Waals surface area contributed by atoms with Gasteiger partial charge in [0.1, 0.15) is 0 Å². The van der Waals surface area contributed by atoms with Crippen LogP contribution in [0.1, 0.15) is 45.1 Å². The van der Waals surface area contributed by atoms with Crippen LogP contribution in [0.2, 0.25) is 0 Å². The van der Waals surface area contributed by atoms with Gasteiger partial charge >= 0.3 is 0 Å². The Balaban J connectivity index is 2.12. The molecule has 1 aliphatic carbocycles. The number of rotatable bonds is 3. The molecule has 0 bridgehead atoms. The maximum atomic E-state index is 3.82. The third-order valence-electron chi connectivity index (χ3n) is 4.92. The summed E-state index contributed by atoms with van der Waals surface area (Å²) in [6.07, 6.45) is 11.9. The van der Waals surface area contributed by atoms with E-state index in [1.54, 1.807) is 0 Å². The number of hydrogen-bond donors (Lipinski definition) is 1. The van der Waals surface area contributed by atoms with Crippen LogP contribution in [-0.2, 0) is 5.41 Å². The molecule has 1 aromatic carbocycles. The van der Waals surface area contributed by atoms with Gasteiger partial charge in [0.15, 0.2) is 0 Å². The van der Waals surface area contributed by atoms with Crippen molar-refractivity contribution >= 4 is 0 Å². The molecular formula is C19H25N. The molecule has 1 aliphatic heterocycles. The van der Waals surface area contributed by atoms with Crippen LogP contribution in [-0.4, -0.2) is 12.1 Å². The van der Waals surface area contributed by atoms with Gasteiger partial charge in [-0.15, -0.1) is 0 Å². The van der Waals surface area contributed by atoms with Crippen molar-refractivity contribution in [3.8, 4) is 0 Å². The zero-order valence-corrected chi connectivity index (χ0v) is 12.6. The summed E-state index contributed by atoms with van der Waals surface area (Å²) in [5.74, 6) is 0. The molecule has 1 heterocycles. The maximum Gasteiger partial charge on any atom is 0.0367 e. The van der Waals surface area contributed by atoms with E-state index < -0.39 is 0 Å². The van der Waals surface area contributed by atoms with E-state index in [2.05, 4.69) is 67.7 Å². The van der Waals surface area contributed by atoms with Gasteiger partial charge in [0.25, 0.3) is 0 Å². The maximum absolute atomic E-state index is 3.82. The standard InChI is InChI=1S/C19H25N/c1-3-18-19(14-15(2)20-18,16-10-6-4-7-11-16)17-12-8-5-9-13-17/h4,6-8,10-13,15,18,20H,3,5,9,14H2,1-2H3/t15-,18-,19?/m0/s1. The van der Waals surface area contributed by atoms with Gasteiger partial charge in [-0.1, -0.05) is 55.5 Å². The van der Waals surface area contributed by atoms with Gasteiger partial charge in [-0.05, 0) is 43.7 Å². The molecule has 3 atom stereocenters. The summed E-state index contributed by atoms with van der Waals surface area (Å²) in [6.45, 7) is 4.63. The smallest absolute Gasteiger partial charge is 0.0367 e. The topological polar surface area (TPSA) is 12.0 Å².